The number of hydrogen-bond donors (Lipinski definition) is 0. The fraction of sp³-hybridized carbons (Fsp3) is 0.118. The number of hydrogen-bond acceptors (Lipinski definition) is 5. The normalized spacial score (nSPS) is 11.8. The number of aromatic nitrogens is 1. The van der Waals surface area contributed by atoms with Gasteiger partial charge in [-0.05, 0) is 30.5 Å². The number of benzene rings is 1. The number of fused-ring (bicyclic) bond motifs is 1. The lowest BCUT2D eigenvalue weighted by molar-refractivity contribution is 0.0438. The van der Waals surface area contributed by atoms with Gasteiger partial charge in [0.05, 0.1) is 21.7 Å². The molecule has 0 bridgehead atoms. The molecule has 0 radical (unpaired) electrons. The van der Waals surface area contributed by atoms with E-state index in [9.17, 15) is 4.79 Å². The van der Waals surface area contributed by atoms with Crippen molar-refractivity contribution in [3.63, 3.8) is 0 Å². The third-order valence-electron chi connectivity index (χ3n) is 3.18. The minimum absolute atomic E-state index is 0.427. The number of thiophene rings is 1. The number of carbonyl (C=O) groups excluding carboxylic acids is 1. The molecular formula is C17H12N2O2S. The van der Waals surface area contributed by atoms with Crippen molar-refractivity contribution in [3.05, 3.63) is 53.4 Å². The second-order valence-electron chi connectivity index (χ2n) is 4.73. The number of ether oxygens (including phenoxy) is 1. The summed E-state index contributed by atoms with van der Waals surface area (Å²) < 4.78 is 5.14. The zero-order valence-electron chi connectivity index (χ0n) is 11.8. The maximum Gasteiger partial charge on any atom is 0.340 e. The van der Waals surface area contributed by atoms with E-state index in [1.165, 1.54) is 0 Å². The Morgan fingerprint density at radius 1 is 1.32 bits per heavy atom. The first kappa shape index (κ1) is 14.2. The second kappa shape index (κ2) is 5.96. The van der Waals surface area contributed by atoms with Crippen molar-refractivity contribution in [2.75, 3.05) is 0 Å². The molecule has 0 unspecified atom stereocenters. The minimum atomic E-state index is -0.787. The third kappa shape index (κ3) is 2.69. The predicted molar refractivity (Wildman–Crippen MR) is 85.5 cm³/mol. The van der Waals surface area contributed by atoms with Crippen LogP contribution in [0.25, 0.3) is 21.5 Å². The third-order valence-corrected chi connectivity index (χ3v) is 4.07. The molecule has 0 aliphatic carbocycles. The molecule has 0 fully saturated rings. The van der Waals surface area contributed by atoms with Crippen molar-refractivity contribution in [2.24, 2.45) is 0 Å². The fourth-order valence-corrected chi connectivity index (χ4v) is 2.83. The first-order valence-electron chi connectivity index (χ1n) is 6.73. The van der Waals surface area contributed by atoms with Crippen LogP contribution in [0.4, 0.5) is 0 Å². The molecule has 5 heteroatoms. The van der Waals surface area contributed by atoms with Gasteiger partial charge in [0.25, 0.3) is 0 Å². The Labute approximate surface area is 131 Å². The molecule has 3 aromatic rings. The van der Waals surface area contributed by atoms with Crippen LogP contribution in [0.5, 0.6) is 0 Å². The Balaban J connectivity index is 2.15. The van der Waals surface area contributed by atoms with Gasteiger partial charge in [-0.2, -0.15) is 5.26 Å². The van der Waals surface area contributed by atoms with Crippen LogP contribution in [0.15, 0.2) is 47.8 Å². The van der Waals surface area contributed by atoms with Crippen LogP contribution in [0.3, 0.4) is 0 Å². The lowest BCUT2D eigenvalue weighted by Gasteiger charge is -2.10. The van der Waals surface area contributed by atoms with Gasteiger partial charge in [-0.25, -0.2) is 9.78 Å². The molecule has 22 heavy (non-hydrogen) atoms. The maximum absolute atomic E-state index is 12.4. The predicted octanol–water partition coefficient (Wildman–Crippen LogP) is 4.03. The average Bonchev–Trinajstić information content (AvgIpc) is 3.08. The van der Waals surface area contributed by atoms with E-state index < -0.39 is 12.1 Å². The number of para-hydroxylation sites is 1. The summed E-state index contributed by atoms with van der Waals surface area (Å²) in [6.45, 7) is 1.54. The molecule has 3 rings (SSSR count). The van der Waals surface area contributed by atoms with Crippen LogP contribution in [0.1, 0.15) is 17.3 Å². The Bertz CT molecular complexity index is 866. The van der Waals surface area contributed by atoms with E-state index in [4.69, 9.17) is 10.00 Å². The largest absolute Gasteiger partial charge is 0.444 e. The van der Waals surface area contributed by atoms with Crippen molar-refractivity contribution in [2.45, 2.75) is 13.0 Å². The minimum Gasteiger partial charge on any atom is -0.444 e. The molecule has 2 heterocycles. The van der Waals surface area contributed by atoms with Crippen molar-refractivity contribution < 1.29 is 9.53 Å². The molecule has 4 nitrogen and oxygen atoms in total. The number of pyridine rings is 1. The number of carbonyl (C=O) groups is 1. The Hall–Kier alpha value is -2.71. The van der Waals surface area contributed by atoms with Crippen LogP contribution >= 0.6 is 11.3 Å². The lowest BCUT2D eigenvalue weighted by Crippen LogP contribution is -2.13. The summed E-state index contributed by atoms with van der Waals surface area (Å²) in [7, 11) is 0. The van der Waals surface area contributed by atoms with Crippen LogP contribution in [0, 0.1) is 11.3 Å². The lowest BCUT2D eigenvalue weighted by atomic mass is 10.1. The molecule has 0 amide bonds. The molecule has 0 spiro atoms. The smallest absolute Gasteiger partial charge is 0.340 e. The molecule has 108 valence electrons. The van der Waals surface area contributed by atoms with Gasteiger partial charge in [-0.15, -0.1) is 11.3 Å². The summed E-state index contributed by atoms with van der Waals surface area (Å²) in [5.41, 5.74) is 1.88. The monoisotopic (exact) mass is 308 g/mol. The highest BCUT2D eigenvalue weighted by Gasteiger charge is 2.17. The van der Waals surface area contributed by atoms with Crippen LogP contribution < -0.4 is 0 Å². The van der Waals surface area contributed by atoms with E-state index in [1.807, 2.05) is 47.8 Å². The highest BCUT2D eigenvalue weighted by molar-refractivity contribution is 7.13. The summed E-state index contributed by atoms with van der Waals surface area (Å²) in [6.07, 6.45) is -0.787. The van der Waals surface area contributed by atoms with Crippen molar-refractivity contribution in [3.8, 4) is 16.6 Å². The number of esters is 1. The number of rotatable bonds is 3. The highest BCUT2D eigenvalue weighted by atomic mass is 32.1. The molecule has 1 atom stereocenters. The van der Waals surface area contributed by atoms with Crippen molar-refractivity contribution in [1.82, 2.24) is 4.98 Å². The van der Waals surface area contributed by atoms with E-state index in [0.29, 0.717) is 5.56 Å². The molecule has 0 aliphatic heterocycles. The van der Waals surface area contributed by atoms with E-state index in [0.717, 1.165) is 21.5 Å². The average molecular weight is 308 g/mol. The summed E-state index contributed by atoms with van der Waals surface area (Å²) >= 11 is 1.56. The topological polar surface area (TPSA) is 63.0 Å². The van der Waals surface area contributed by atoms with Gasteiger partial charge in [0.2, 0.25) is 0 Å². The summed E-state index contributed by atoms with van der Waals surface area (Å²) in [4.78, 5) is 17.9. The fourth-order valence-electron chi connectivity index (χ4n) is 2.15. The Morgan fingerprint density at radius 3 is 2.86 bits per heavy atom. The molecule has 2 aromatic heterocycles. The van der Waals surface area contributed by atoms with Crippen LogP contribution in [0.2, 0.25) is 0 Å². The Kier molecular flexibility index (Phi) is 3.86. The number of nitrogens with zero attached hydrogens (tertiary/aromatic N) is 2. The van der Waals surface area contributed by atoms with E-state index >= 15 is 0 Å². The first-order valence-corrected chi connectivity index (χ1v) is 7.61. The van der Waals surface area contributed by atoms with Gasteiger partial charge < -0.3 is 4.74 Å². The summed E-state index contributed by atoms with van der Waals surface area (Å²) in [5, 5.41) is 11.5. The first-order chi connectivity index (χ1) is 10.7. The highest BCUT2D eigenvalue weighted by Crippen LogP contribution is 2.28. The van der Waals surface area contributed by atoms with Gasteiger partial charge in [0.15, 0.2) is 6.10 Å². The van der Waals surface area contributed by atoms with E-state index in [1.54, 1.807) is 24.3 Å². The molecule has 0 N–H and O–H groups in total. The van der Waals surface area contributed by atoms with Crippen molar-refractivity contribution >= 4 is 28.2 Å². The second-order valence-corrected chi connectivity index (χ2v) is 5.67. The molecule has 0 saturated heterocycles. The molecule has 1 aromatic carbocycles. The standard InChI is InChI=1S/C17H12N2O2S/c1-11(10-18)21-17(20)13-9-15(16-7-4-8-22-16)19-14-6-3-2-5-12(13)14/h2-9,11H,1H3/t11-/m0/s1. The molecular weight excluding hydrogens is 296 g/mol. The van der Waals surface area contributed by atoms with E-state index in [-0.39, 0.29) is 0 Å². The Morgan fingerprint density at radius 2 is 2.14 bits per heavy atom. The molecule has 0 aliphatic rings. The SMILES string of the molecule is C[C@@H](C#N)OC(=O)c1cc(-c2cccs2)nc2ccccc12. The zero-order chi connectivity index (χ0) is 15.5. The van der Waals surface area contributed by atoms with Crippen molar-refractivity contribution in [1.29, 1.82) is 5.26 Å². The van der Waals surface area contributed by atoms with E-state index in [2.05, 4.69) is 4.98 Å². The summed E-state index contributed by atoms with van der Waals surface area (Å²) in [6, 6.07) is 14.9. The van der Waals surface area contributed by atoms with Gasteiger partial charge in [0.1, 0.15) is 6.07 Å². The van der Waals surface area contributed by atoms with Gasteiger partial charge in [-0.3, -0.25) is 0 Å². The van der Waals surface area contributed by atoms with Gasteiger partial charge in [-0.1, -0.05) is 24.3 Å². The zero-order valence-corrected chi connectivity index (χ0v) is 12.6. The number of nitriles is 1. The van der Waals surface area contributed by atoms with Gasteiger partial charge >= 0.3 is 5.97 Å². The summed E-state index contributed by atoms with van der Waals surface area (Å²) in [5.74, 6) is -0.509. The van der Waals surface area contributed by atoms with Gasteiger partial charge in [0, 0.05) is 5.39 Å². The van der Waals surface area contributed by atoms with Crippen LogP contribution in [-0.2, 0) is 4.74 Å². The quantitative estimate of drug-likeness (QED) is 0.685. The van der Waals surface area contributed by atoms with Crippen LogP contribution in [-0.4, -0.2) is 17.1 Å². The maximum atomic E-state index is 12.4. The molecule has 0 saturated carbocycles.